The van der Waals surface area contributed by atoms with E-state index in [0.29, 0.717) is 30.5 Å². The molecule has 2 aromatic rings. The Kier molecular flexibility index (Phi) is 7.78. The molecule has 0 unspecified atom stereocenters. The van der Waals surface area contributed by atoms with E-state index in [1.807, 2.05) is 29.2 Å². The second-order valence-corrected chi connectivity index (χ2v) is 8.91. The van der Waals surface area contributed by atoms with Gasteiger partial charge in [0.05, 0.1) is 25.8 Å². The molecule has 2 amide bonds. The van der Waals surface area contributed by atoms with Crippen molar-refractivity contribution in [2.75, 3.05) is 57.7 Å². The number of carbonyl (C=O) groups is 2. The van der Waals surface area contributed by atoms with Crippen molar-refractivity contribution < 1.29 is 9.59 Å². The van der Waals surface area contributed by atoms with Crippen LogP contribution in [0.15, 0.2) is 36.5 Å². The van der Waals surface area contributed by atoms with Gasteiger partial charge in [-0.05, 0) is 44.0 Å². The van der Waals surface area contributed by atoms with Crippen molar-refractivity contribution >= 4 is 29.2 Å². The molecule has 4 rings (SSSR count). The number of halogens is 1. The summed E-state index contributed by atoms with van der Waals surface area (Å²) >= 11 is 6.26. The number of anilines is 1. The van der Waals surface area contributed by atoms with Crippen LogP contribution >= 0.6 is 11.6 Å². The first-order chi connectivity index (χ1) is 15.6. The summed E-state index contributed by atoms with van der Waals surface area (Å²) in [6, 6.07) is 9.42. The Morgan fingerprint density at radius 1 is 0.906 bits per heavy atom. The number of aromatic nitrogens is 2. The molecule has 1 aromatic carbocycles. The van der Waals surface area contributed by atoms with Crippen LogP contribution in [0.5, 0.6) is 0 Å². The van der Waals surface area contributed by atoms with Gasteiger partial charge in [0.1, 0.15) is 5.82 Å². The second kappa shape index (κ2) is 10.9. The van der Waals surface area contributed by atoms with Gasteiger partial charge in [-0.3, -0.25) is 19.4 Å². The number of nitrogens with zero attached hydrogens (tertiary/aromatic N) is 5. The average Bonchev–Trinajstić information content (AvgIpc) is 3.41. The molecule has 2 aliphatic rings. The number of hydrogen-bond donors (Lipinski definition) is 1. The van der Waals surface area contributed by atoms with Gasteiger partial charge in [-0.15, -0.1) is 0 Å². The maximum atomic E-state index is 12.7. The highest BCUT2D eigenvalue weighted by molar-refractivity contribution is 6.31. The molecule has 3 heterocycles. The maximum Gasteiger partial charge on any atom is 0.239 e. The molecule has 2 aliphatic heterocycles. The van der Waals surface area contributed by atoms with Crippen LogP contribution in [0.2, 0.25) is 5.02 Å². The SMILES string of the molecule is O=C(CN1CCCN(CC(=O)N2CCCC2)CC1)Nc1ccnn1Cc1ccccc1Cl. The molecule has 0 atom stereocenters. The van der Waals surface area contributed by atoms with E-state index in [1.165, 1.54) is 0 Å². The highest BCUT2D eigenvalue weighted by atomic mass is 35.5. The lowest BCUT2D eigenvalue weighted by Gasteiger charge is -2.23. The third-order valence-electron chi connectivity index (χ3n) is 6.13. The van der Waals surface area contributed by atoms with Gasteiger partial charge in [-0.1, -0.05) is 29.8 Å². The van der Waals surface area contributed by atoms with Crippen LogP contribution in [0.4, 0.5) is 5.82 Å². The van der Waals surface area contributed by atoms with E-state index in [9.17, 15) is 9.59 Å². The normalized spacial score (nSPS) is 18.0. The topological polar surface area (TPSA) is 73.7 Å². The largest absolute Gasteiger partial charge is 0.342 e. The molecule has 1 aromatic heterocycles. The Hall–Kier alpha value is -2.42. The summed E-state index contributed by atoms with van der Waals surface area (Å²) in [4.78, 5) is 31.5. The van der Waals surface area contributed by atoms with E-state index >= 15 is 0 Å². The summed E-state index contributed by atoms with van der Waals surface area (Å²) in [7, 11) is 0. The lowest BCUT2D eigenvalue weighted by Crippen LogP contribution is -2.41. The van der Waals surface area contributed by atoms with E-state index in [-0.39, 0.29) is 11.8 Å². The Morgan fingerprint density at radius 3 is 2.38 bits per heavy atom. The molecular formula is C23H31ClN6O2. The van der Waals surface area contributed by atoms with Crippen molar-refractivity contribution in [1.82, 2.24) is 24.5 Å². The molecule has 9 heteroatoms. The third-order valence-corrected chi connectivity index (χ3v) is 6.50. The Labute approximate surface area is 194 Å². The average molecular weight is 459 g/mol. The van der Waals surface area contributed by atoms with Gasteiger partial charge < -0.3 is 10.2 Å². The van der Waals surface area contributed by atoms with Crippen molar-refractivity contribution in [2.45, 2.75) is 25.8 Å². The molecule has 0 bridgehead atoms. The number of hydrogen-bond acceptors (Lipinski definition) is 5. The second-order valence-electron chi connectivity index (χ2n) is 8.51. The summed E-state index contributed by atoms with van der Waals surface area (Å²) in [5.74, 6) is 0.829. The Morgan fingerprint density at radius 2 is 1.62 bits per heavy atom. The highest BCUT2D eigenvalue weighted by Gasteiger charge is 2.23. The van der Waals surface area contributed by atoms with Crippen LogP contribution in [0.25, 0.3) is 0 Å². The smallest absolute Gasteiger partial charge is 0.239 e. The van der Waals surface area contributed by atoms with Crippen molar-refractivity contribution in [2.24, 2.45) is 0 Å². The number of benzene rings is 1. The fourth-order valence-corrected chi connectivity index (χ4v) is 4.53. The lowest BCUT2D eigenvalue weighted by molar-refractivity contribution is -0.131. The predicted molar refractivity (Wildman–Crippen MR) is 125 cm³/mol. The van der Waals surface area contributed by atoms with Crippen molar-refractivity contribution in [3.05, 3.63) is 47.1 Å². The fraction of sp³-hybridized carbons (Fsp3) is 0.522. The Bertz CT molecular complexity index is 927. The monoisotopic (exact) mass is 458 g/mol. The van der Waals surface area contributed by atoms with Crippen LogP contribution in [-0.2, 0) is 16.1 Å². The summed E-state index contributed by atoms with van der Waals surface area (Å²) in [5.41, 5.74) is 0.949. The van der Waals surface area contributed by atoms with Crippen LogP contribution in [0, 0.1) is 0 Å². The van der Waals surface area contributed by atoms with Gasteiger partial charge in [0.15, 0.2) is 0 Å². The van der Waals surface area contributed by atoms with Crippen LogP contribution < -0.4 is 5.32 Å². The van der Waals surface area contributed by atoms with E-state index in [4.69, 9.17) is 11.6 Å². The van der Waals surface area contributed by atoms with Gasteiger partial charge in [0, 0.05) is 37.3 Å². The molecule has 0 saturated carbocycles. The number of carbonyl (C=O) groups excluding carboxylic acids is 2. The molecule has 1 N–H and O–H groups in total. The third kappa shape index (κ3) is 6.09. The van der Waals surface area contributed by atoms with E-state index in [2.05, 4.69) is 20.2 Å². The van der Waals surface area contributed by atoms with Gasteiger partial charge in [-0.2, -0.15) is 5.10 Å². The summed E-state index contributed by atoms with van der Waals surface area (Å²) < 4.78 is 1.74. The van der Waals surface area contributed by atoms with Crippen LogP contribution in [0.3, 0.4) is 0 Å². The van der Waals surface area contributed by atoms with Gasteiger partial charge in [-0.25, -0.2) is 4.68 Å². The van der Waals surface area contributed by atoms with E-state index in [0.717, 1.165) is 64.1 Å². The summed E-state index contributed by atoms with van der Waals surface area (Å²) in [6.07, 6.45) is 4.86. The first-order valence-corrected chi connectivity index (χ1v) is 11.7. The molecule has 172 valence electrons. The Balaban J connectivity index is 1.25. The standard InChI is InChI=1S/C23H31ClN6O2/c24-20-7-2-1-6-19(20)16-30-21(8-9-25-30)26-22(31)17-27-10-5-11-28(15-14-27)18-23(32)29-12-3-4-13-29/h1-2,6-9H,3-5,10-18H2,(H,26,31). The molecule has 32 heavy (non-hydrogen) atoms. The van der Waals surface area contributed by atoms with Crippen LogP contribution in [0.1, 0.15) is 24.8 Å². The quantitative estimate of drug-likeness (QED) is 0.688. The molecule has 0 spiro atoms. The first kappa shape index (κ1) is 22.8. The number of rotatable bonds is 7. The zero-order valence-electron chi connectivity index (χ0n) is 18.4. The molecule has 2 saturated heterocycles. The van der Waals surface area contributed by atoms with E-state index < -0.39 is 0 Å². The first-order valence-electron chi connectivity index (χ1n) is 11.4. The molecular weight excluding hydrogens is 428 g/mol. The number of likely N-dealkylation sites (tertiary alicyclic amines) is 1. The minimum Gasteiger partial charge on any atom is -0.342 e. The van der Waals surface area contributed by atoms with Crippen molar-refractivity contribution in [3.63, 3.8) is 0 Å². The van der Waals surface area contributed by atoms with Crippen LogP contribution in [-0.4, -0.2) is 88.7 Å². The number of amides is 2. The van der Waals surface area contributed by atoms with Crippen molar-refractivity contribution in [3.8, 4) is 0 Å². The molecule has 2 fully saturated rings. The zero-order valence-corrected chi connectivity index (χ0v) is 19.1. The lowest BCUT2D eigenvalue weighted by atomic mass is 10.2. The zero-order chi connectivity index (χ0) is 22.3. The minimum absolute atomic E-state index is 0.0625. The fourth-order valence-electron chi connectivity index (χ4n) is 4.34. The molecule has 0 aliphatic carbocycles. The summed E-state index contributed by atoms with van der Waals surface area (Å²) in [6.45, 7) is 6.41. The summed E-state index contributed by atoms with van der Waals surface area (Å²) in [5, 5.41) is 7.98. The number of nitrogens with one attached hydrogen (secondary N) is 1. The molecule has 8 nitrogen and oxygen atoms in total. The predicted octanol–water partition coefficient (Wildman–Crippen LogP) is 2.15. The maximum absolute atomic E-state index is 12.7. The van der Waals surface area contributed by atoms with Crippen molar-refractivity contribution in [1.29, 1.82) is 0 Å². The highest BCUT2D eigenvalue weighted by Crippen LogP contribution is 2.18. The minimum atomic E-state index is -0.0625. The van der Waals surface area contributed by atoms with Gasteiger partial charge >= 0.3 is 0 Å². The van der Waals surface area contributed by atoms with E-state index in [1.54, 1.807) is 16.9 Å². The molecule has 0 radical (unpaired) electrons. The van der Waals surface area contributed by atoms with Gasteiger partial charge in [0.25, 0.3) is 0 Å². The van der Waals surface area contributed by atoms with Gasteiger partial charge in [0.2, 0.25) is 11.8 Å².